The molecule has 0 bridgehead atoms. The molecule has 1 aromatic carbocycles. The minimum absolute atomic E-state index is 0.292. The van der Waals surface area contributed by atoms with E-state index < -0.39 is 11.9 Å². The molecule has 1 aromatic rings. The van der Waals surface area contributed by atoms with Crippen molar-refractivity contribution in [2.45, 2.75) is 19.8 Å². The van der Waals surface area contributed by atoms with Gasteiger partial charge in [0.25, 0.3) is 5.91 Å². The van der Waals surface area contributed by atoms with E-state index in [2.05, 4.69) is 10.6 Å². The van der Waals surface area contributed by atoms with Crippen LogP contribution in [0.25, 0.3) is 0 Å². The van der Waals surface area contributed by atoms with Crippen LogP contribution in [0.3, 0.4) is 0 Å². The number of unbranched alkanes of at least 4 members (excludes halogenated alkanes) is 1. The SMILES string of the molecule is CCCCNC(=O)NC(=O)COc1cc(Cl)ccc1Cl. The summed E-state index contributed by atoms with van der Waals surface area (Å²) in [5.74, 6) is -0.268. The Hall–Kier alpha value is -1.46. The predicted octanol–water partition coefficient (Wildman–Crippen LogP) is 3.00. The number of imide groups is 1. The fourth-order valence-corrected chi connectivity index (χ4v) is 1.65. The summed E-state index contributed by atoms with van der Waals surface area (Å²) in [5, 5.41) is 5.50. The topological polar surface area (TPSA) is 67.4 Å². The van der Waals surface area contributed by atoms with Crippen molar-refractivity contribution >= 4 is 35.1 Å². The van der Waals surface area contributed by atoms with Crippen LogP contribution in [-0.2, 0) is 4.79 Å². The first-order valence-corrected chi connectivity index (χ1v) is 6.94. The van der Waals surface area contributed by atoms with Crippen LogP contribution < -0.4 is 15.4 Å². The second kappa shape index (κ2) is 8.66. The van der Waals surface area contributed by atoms with Gasteiger partial charge in [-0.2, -0.15) is 0 Å². The predicted molar refractivity (Wildman–Crippen MR) is 78.4 cm³/mol. The van der Waals surface area contributed by atoms with Crippen molar-refractivity contribution in [2.75, 3.05) is 13.2 Å². The van der Waals surface area contributed by atoms with Gasteiger partial charge < -0.3 is 10.1 Å². The molecule has 0 saturated carbocycles. The number of carbonyl (C=O) groups is 2. The molecule has 0 unspecified atom stereocenters. The summed E-state index contributed by atoms with van der Waals surface area (Å²) in [6.07, 6.45) is 1.82. The summed E-state index contributed by atoms with van der Waals surface area (Å²) >= 11 is 11.7. The minimum Gasteiger partial charge on any atom is -0.482 e. The van der Waals surface area contributed by atoms with E-state index in [4.69, 9.17) is 27.9 Å². The van der Waals surface area contributed by atoms with Crippen LogP contribution in [0, 0.1) is 0 Å². The number of amides is 3. The standard InChI is InChI=1S/C13H16Cl2N2O3/c1-2-3-6-16-13(19)17-12(18)8-20-11-7-9(14)4-5-10(11)15/h4-5,7H,2-3,6,8H2,1H3,(H2,16,17,18,19). The number of nitrogens with one attached hydrogen (secondary N) is 2. The zero-order valence-electron chi connectivity index (χ0n) is 11.0. The molecule has 0 aliphatic heterocycles. The number of ether oxygens (including phenoxy) is 1. The molecule has 1 rings (SSSR count). The molecule has 0 radical (unpaired) electrons. The first-order valence-electron chi connectivity index (χ1n) is 6.18. The maximum Gasteiger partial charge on any atom is 0.321 e. The lowest BCUT2D eigenvalue weighted by atomic mass is 10.3. The average Bonchev–Trinajstić information content (AvgIpc) is 2.40. The van der Waals surface area contributed by atoms with Crippen LogP contribution in [0.2, 0.25) is 10.0 Å². The molecule has 0 saturated heterocycles. The quantitative estimate of drug-likeness (QED) is 0.792. The smallest absolute Gasteiger partial charge is 0.321 e. The Morgan fingerprint density at radius 1 is 1.30 bits per heavy atom. The number of benzene rings is 1. The Morgan fingerprint density at radius 2 is 2.05 bits per heavy atom. The highest BCUT2D eigenvalue weighted by Gasteiger charge is 2.09. The summed E-state index contributed by atoms with van der Waals surface area (Å²) in [7, 11) is 0. The first-order chi connectivity index (χ1) is 9.52. The van der Waals surface area contributed by atoms with E-state index in [0.29, 0.717) is 22.3 Å². The van der Waals surface area contributed by atoms with E-state index in [1.165, 1.54) is 6.07 Å². The summed E-state index contributed by atoms with van der Waals surface area (Å²) in [6, 6.07) is 4.13. The van der Waals surface area contributed by atoms with Crippen molar-refractivity contribution in [1.82, 2.24) is 10.6 Å². The van der Waals surface area contributed by atoms with Crippen molar-refractivity contribution in [3.8, 4) is 5.75 Å². The maximum absolute atomic E-state index is 11.5. The third-order valence-corrected chi connectivity index (χ3v) is 2.87. The van der Waals surface area contributed by atoms with Crippen molar-refractivity contribution in [1.29, 1.82) is 0 Å². The van der Waals surface area contributed by atoms with Gasteiger partial charge in [0.05, 0.1) is 5.02 Å². The first kappa shape index (κ1) is 16.6. The Balaban J connectivity index is 2.36. The Labute approximate surface area is 127 Å². The molecule has 20 heavy (non-hydrogen) atoms. The highest BCUT2D eigenvalue weighted by atomic mass is 35.5. The van der Waals surface area contributed by atoms with E-state index in [0.717, 1.165) is 12.8 Å². The molecule has 0 heterocycles. The van der Waals surface area contributed by atoms with Gasteiger partial charge in [0.15, 0.2) is 6.61 Å². The van der Waals surface area contributed by atoms with E-state index in [1.54, 1.807) is 12.1 Å². The van der Waals surface area contributed by atoms with Crippen molar-refractivity contribution in [3.63, 3.8) is 0 Å². The highest BCUT2D eigenvalue weighted by molar-refractivity contribution is 6.34. The average molecular weight is 319 g/mol. The van der Waals surface area contributed by atoms with Crippen LogP contribution in [0.15, 0.2) is 18.2 Å². The van der Waals surface area contributed by atoms with Crippen LogP contribution in [0.1, 0.15) is 19.8 Å². The molecule has 0 atom stereocenters. The van der Waals surface area contributed by atoms with E-state index in [-0.39, 0.29) is 6.61 Å². The molecule has 0 aliphatic rings. The van der Waals surface area contributed by atoms with Gasteiger partial charge in [-0.05, 0) is 18.6 Å². The van der Waals surface area contributed by atoms with Crippen LogP contribution >= 0.6 is 23.2 Å². The van der Waals surface area contributed by atoms with Crippen molar-refractivity contribution < 1.29 is 14.3 Å². The van der Waals surface area contributed by atoms with E-state index in [1.807, 2.05) is 6.92 Å². The lowest BCUT2D eigenvalue weighted by Crippen LogP contribution is -2.41. The molecule has 0 aromatic heterocycles. The molecule has 0 aliphatic carbocycles. The van der Waals surface area contributed by atoms with Gasteiger partial charge in [-0.3, -0.25) is 10.1 Å². The Kier molecular flexibility index (Phi) is 7.18. The molecule has 7 heteroatoms. The second-order valence-corrected chi connectivity index (χ2v) is 4.86. The van der Waals surface area contributed by atoms with Gasteiger partial charge in [-0.25, -0.2) is 4.79 Å². The number of rotatable bonds is 6. The van der Waals surface area contributed by atoms with Gasteiger partial charge in [-0.1, -0.05) is 36.5 Å². The molecule has 0 spiro atoms. The lowest BCUT2D eigenvalue weighted by Gasteiger charge is -2.09. The maximum atomic E-state index is 11.5. The van der Waals surface area contributed by atoms with Crippen LogP contribution in [0.4, 0.5) is 4.79 Å². The zero-order valence-corrected chi connectivity index (χ0v) is 12.6. The van der Waals surface area contributed by atoms with E-state index >= 15 is 0 Å². The second-order valence-electron chi connectivity index (χ2n) is 4.02. The fraction of sp³-hybridized carbons (Fsp3) is 0.385. The van der Waals surface area contributed by atoms with Gasteiger partial charge in [0, 0.05) is 17.6 Å². The molecule has 110 valence electrons. The molecular formula is C13H16Cl2N2O3. The number of halogens is 2. The zero-order chi connectivity index (χ0) is 15.0. The largest absolute Gasteiger partial charge is 0.482 e. The highest BCUT2D eigenvalue weighted by Crippen LogP contribution is 2.27. The van der Waals surface area contributed by atoms with Gasteiger partial charge in [0.1, 0.15) is 5.75 Å². The van der Waals surface area contributed by atoms with Crippen molar-refractivity contribution in [2.24, 2.45) is 0 Å². The number of carbonyl (C=O) groups excluding carboxylic acids is 2. The molecule has 2 N–H and O–H groups in total. The third kappa shape index (κ3) is 6.12. The van der Waals surface area contributed by atoms with Crippen LogP contribution in [-0.4, -0.2) is 25.1 Å². The number of hydrogen-bond donors (Lipinski definition) is 2. The van der Waals surface area contributed by atoms with Gasteiger partial charge in [0.2, 0.25) is 0 Å². The Bertz CT molecular complexity index is 481. The monoisotopic (exact) mass is 318 g/mol. The normalized spacial score (nSPS) is 9.95. The summed E-state index contributed by atoms with van der Waals surface area (Å²) in [4.78, 5) is 22.8. The lowest BCUT2D eigenvalue weighted by molar-refractivity contribution is -0.122. The number of urea groups is 1. The van der Waals surface area contributed by atoms with Crippen molar-refractivity contribution in [3.05, 3.63) is 28.2 Å². The molecule has 3 amide bonds. The van der Waals surface area contributed by atoms with Gasteiger partial charge >= 0.3 is 6.03 Å². The molecule has 5 nitrogen and oxygen atoms in total. The summed E-state index contributed by atoms with van der Waals surface area (Å²) in [5.41, 5.74) is 0. The fourth-order valence-electron chi connectivity index (χ4n) is 1.32. The summed E-state index contributed by atoms with van der Waals surface area (Å²) < 4.78 is 5.20. The number of hydrogen-bond acceptors (Lipinski definition) is 3. The van der Waals surface area contributed by atoms with Crippen LogP contribution in [0.5, 0.6) is 5.75 Å². The molecule has 0 fully saturated rings. The third-order valence-electron chi connectivity index (χ3n) is 2.32. The Morgan fingerprint density at radius 3 is 2.75 bits per heavy atom. The minimum atomic E-state index is -0.560. The van der Waals surface area contributed by atoms with E-state index in [9.17, 15) is 9.59 Å². The molecular weight excluding hydrogens is 303 g/mol. The summed E-state index contributed by atoms with van der Waals surface area (Å²) in [6.45, 7) is 2.21. The van der Waals surface area contributed by atoms with Gasteiger partial charge in [-0.15, -0.1) is 0 Å².